The summed E-state index contributed by atoms with van der Waals surface area (Å²) in [5.41, 5.74) is 5.92. The molecule has 0 heterocycles. The number of benzene rings is 2. The maximum absolute atomic E-state index is 5.95. The van der Waals surface area contributed by atoms with Crippen molar-refractivity contribution in [2.24, 2.45) is 5.11 Å². The van der Waals surface area contributed by atoms with Crippen molar-refractivity contribution in [1.29, 1.82) is 0 Å². The molecule has 0 unspecified atom stereocenters. The van der Waals surface area contributed by atoms with E-state index in [1.807, 2.05) is 38.1 Å². The van der Waals surface area contributed by atoms with E-state index in [4.69, 9.17) is 26.6 Å². The lowest BCUT2D eigenvalue weighted by Gasteiger charge is -2.10. The lowest BCUT2D eigenvalue weighted by atomic mass is 10.3. The van der Waals surface area contributed by atoms with Gasteiger partial charge in [0, 0.05) is 34.9 Å². The van der Waals surface area contributed by atoms with Crippen LogP contribution in [0.4, 0.5) is 5.69 Å². The van der Waals surface area contributed by atoms with Crippen LogP contribution < -0.4 is 15.0 Å². The topological polar surface area (TPSA) is 56.4 Å². The molecule has 6 heteroatoms. The molecule has 26 heavy (non-hydrogen) atoms. The van der Waals surface area contributed by atoms with Gasteiger partial charge in [0.25, 0.3) is 0 Å². The Kier molecular flexibility index (Phi) is 7.89. The van der Waals surface area contributed by atoms with Crippen molar-refractivity contribution in [3.63, 3.8) is 0 Å². The van der Waals surface area contributed by atoms with Crippen LogP contribution >= 0.6 is 23.4 Å². The highest BCUT2D eigenvalue weighted by Gasteiger charge is 2.15. The van der Waals surface area contributed by atoms with Gasteiger partial charge in [0.05, 0.1) is 4.90 Å². The molecule has 0 fully saturated rings. The normalized spacial score (nSPS) is 9.35. The molecule has 0 aliphatic heterocycles. The van der Waals surface area contributed by atoms with Gasteiger partial charge in [-0.1, -0.05) is 49.1 Å². The zero-order valence-electron chi connectivity index (χ0n) is 14.5. The summed E-state index contributed by atoms with van der Waals surface area (Å²) in [4.78, 5) is 1.80. The molecular weight excluding hydrogens is 368 g/mol. The Morgan fingerprint density at radius 1 is 1.00 bits per heavy atom. The van der Waals surface area contributed by atoms with E-state index in [2.05, 4.69) is 29.2 Å². The Bertz CT molecular complexity index is 890. The van der Waals surface area contributed by atoms with E-state index in [0.29, 0.717) is 35.1 Å². The second-order valence-electron chi connectivity index (χ2n) is 4.92. The van der Waals surface area contributed by atoms with Gasteiger partial charge in [-0.05, 0) is 29.4 Å². The number of halogens is 1. The van der Waals surface area contributed by atoms with Crippen LogP contribution in [0.25, 0.3) is 0 Å². The Morgan fingerprint density at radius 2 is 1.62 bits per heavy atom. The molecule has 0 radical (unpaired) electrons. The molecule has 0 aliphatic carbocycles. The standard InChI is InChI=1S/C20H17ClN2O2S/c1-3-5-11-24-18-14-20(26-16-9-7-15(21)8-10-16)19(13-17(18)23-22)25-12-6-4-2/h7-10,13-14,22H,3-4H2,1-2H3/p+1. The van der Waals surface area contributed by atoms with Gasteiger partial charge in [-0.2, -0.15) is 5.53 Å². The van der Waals surface area contributed by atoms with E-state index in [-0.39, 0.29) is 0 Å². The summed E-state index contributed by atoms with van der Waals surface area (Å²) in [5, 5.41) is 4.43. The van der Waals surface area contributed by atoms with Gasteiger partial charge in [-0.3, -0.25) is 0 Å². The summed E-state index contributed by atoms with van der Waals surface area (Å²) in [5.74, 6) is 6.73. The van der Waals surface area contributed by atoms with Crippen molar-refractivity contribution in [1.82, 2.24) is 0 Å². The molecule has 2 aromatic carbocycles. The van der Waals surface area contributed by atoms with Crippen molar-refractivity contribution < 1.29 is 15.0 Å². The number of nitrogens with zero attached hydrogens (tertiary/aromatic N) is 1. The van der Waals surface area contributed by atoms with Crippen LogP contribution in [0.15, 0.2) is 51.3 Å². The van der Waals surface area contributed by atoms with Crippen molar-refractivity contribution >= 4 is 29.1 Å². The Balaban J connectivity index is 2.43. The van der Waals surface area contributed by atoms with Gasteiger partial charge in [-0.25, -0.2) is 0 Å². The van der Waals surface area contributed by atoms with Crippen LogP contribution in [0.1, 0.15) is 26.7 Å². The molecular formula is C20H18ClN2O2S+. The van der Waals surface area contributed by atoms with E-state index in [9.17, 15) is 0 Å². The first kappa shape index (κ1) is 19.7. The van der Waals surface area contributed by atoms with Gasteiger partial charge in [0.1, 0.15) is 12.2 Å². The molecule has 0 spiro atoms. The van der Waals surface area contributed by atoms with E-state index in [0.717, 1.165) is 9.79 Å². The molecule has 2 N–H and O–H groups in total. The summed E-state index contributed by atoms with van der Waals surface area (Å²) in [7, 11) is 0. The fourth-order valence-electron chi connectivity index (χ4n) is 1.83. The van der Waals surface area contributed by atoms with Crippen LogP contribution in [-0.4, -0.2) is 0 Å². The van der Waals surface area contributed by atoms with Gasteiger partial charge < -0.3 is 9.47 Å². The first-order valence-electron chi connectivity index (χ1n) is 7.99. The van der Waals surface area contributed by atoms with Crippen LogP contribution in [0.5, 0.6) is 11.5 Å². The lowest BCUT2D eigenvalue weighted by Crippen LogP contribution is -2.22. The van der Waals surface area contributed by atoms with Gasteiger partial charge in [0.2, 0.25) is 0 Å². The molecule has 0 saturated heterocycles. The average Bonchev–Trinajstić information content (AvgIpc) is 2.65. The summed E-state index contributed by atoms with van der Waals surface area (Å²) in [6.45, 7) is 3.89. The van der Waals surface area contributed by atoms with Gasteiger partial charge in [-0.15, -0.1) is 0 Å². The zero-order valence-corrected chi connectivity index (χ0v) is 16.1. The second-order valence-corrected chi connectivity index (χ2v) is 6.47. The predicted octanol–water partition coefficient (Wildman–Crippen LogP) is 4.83. The van der Waals surface area contributed by atoms with Crippen LogP contribution in [0.2, 0.25) is 5.02 Å². The minimum absolute atomic E-state index is 0.434. The van der Waals surface area contributed by atoms with Crippen molar-refractivity contribution in [2.75, 3.05) is 0 Å². The predicted molar refractivity (Wildman–Crippen MR) is 103 cm³/mol. The van der Waals surface area contributed by atoms with Crippen LogP contribution in [0, 0.1) is 24.1 Å². The van der Waals surface area contributed by atoms with E-state index in [1.54, 1.807) is 12.1 Å². The number of hydrogen-bond donors (Lipinski definition) is 1. The summed E-state index contributed by atoms with van der Waals surface area (Å²) < 4.78 is 11.1. The molecule has 0 saturated carbocycles. The molecule has 0 bridgehead atoms. The van der Waals surface area contributed by atoms with Crippen molar-refractivity contribution in [2.45, 2.75) is 36.5 Å². The fourth-order valence-corrected chi connectivity index (χ4v) is 2.85. The van der Waals surface area contributed by atoms with Gasteiger partial charge in [0.15, 0.2) is 17.2 Å². The highest BCUT2D eigenvalue weighted by Crippen LogP contribution is 2.42. The third-order valence-electron chi connectivity index (χ3n) is 3.03. The number of rotatable bonds is 5. The van der Waals surface area contributed by atoms with E-state index in [1.165, 1.54) is 11.8 Å². The molecule has 0 aliphatic rings. The first-order valence-corrected chi connectivity index (χ1v) is 9.19. The van der Waals surface area contributed by atoms with Crippen LogP contribution in [-0.2, 0) is 0 Å². The Hall–Kier alpha value is -2.60. The number of ether oxygens (including phenoxy) is 2. The first-order chi connectivity index (χ1) is 12.7. The molecule has 2 aromatic rings. The van der Waals surface area contributed by atoms with Gasteiger partial charge >= 0.3 is 0 Å². The van der Waals surface area contributed by atoms with Crippen LogP contribution in [0.3, 0.4) is 0 Å². The highest BCUT2D eigenvalue weighted by atomic mass is 35.5. The monoisotopic (exact) mass is 385 g/mol. The molecule has 0 aromatic heterocycles. The lowest BCUT2D eigenvalue weighted by molar-refractivity contribution is -0.210. The summed E-state index contributed by atoms with van der Waals surface area (Å²) in [6.07, 6.45) is 6.70. The minimum atomic E-state index is 0.434. The third-order valence-corrected chi connectivity index (χ3v) is 4.32. The molecule has 132 valence electrons. The third kappa shape index (κ3) is 5.74. The Labute approximate surface area is 162 Å². The fraction of sp³-hybridized carbons (Fsp3) is 0.200. The molecule has 2 rings (SSSR count). The molecule has 4 nitrogen and oxygen atoms in total. The van der Waals surface area contributed by atoms with E-state index >= 15 is 0 Å². The Morgan fingerprint density at radius 3 is 2.19 bits per heavy atom. The average molecular weight is 386 g/mol. The highest BCUT2D eigenvalue weighted by molar-refractivity contribution is 7.99. The van der Waals surface area contributed by atoms with Crippen molar-refractivity contribution in [3.05, 3.63) is 41.4 Å². The number of nitrogens with two attached hydrogens (primary N) is 1. The molecule has 0 amide bonds. The number of hydrogen-bond acceptors (Lipinski definition) is 4. The maximum Gasteiger partial charge on any atom is 0.177 e. The zero-order chi connectivity index (χ0) is 18.8. The minimum Gasteiger partial charge on any atom is -0.406 e. The summed E-state index contributed by atoms with van der Waals surface area (Å²) in [6, 6.07) is 11.0. The quantitative estimate of drug-likeness (QED) is 0.592. The smallest absolute Gasteiger partial charge is 0.177 e. The SMILES string of the molecule is CCC#COc1cc(Sc2ccc(Cl)cc2)c(OC#CCC)cc1N=[NH2+]. The molecule has 0 atom stereocenters. The summed E-state index contributed by atoms with van der Waals surface area (Å²) >= 11 is 7.44. The largest absolute Gasteiger partial charge is 0.406 e. The van der Waals surface area contributed by atoms with E-state index < -0.39 is 0 Å². The second kappa shape index (κ2) is 10.4. The maximum atomic E-state index is 5.95. The van der Waals surface area contributed by atoms with Crippen molar-refractivity contribution in [3.8, 4) is 35.6 Å².